The number of hydrogen-bond acceptors (Lipinski definition) is 4. The lowest BCUT2D eigenvalue weighted by Gasteiger charge is -2.27. The summed E-state index contributed by atoms with van der Waals surface area (Å²) in [5.41, 5.74) is 2.11. The van der Waals surface area contributed by atoms with Gasteiger partial charge in [-0.3, -0.25) is 9.69 Å². The van der Waals surface area contributed by atoms with E-state index < -0.39 is 6.04 Å². The number of carbonyl (C=O) groups is 1. The van der Waals surface area contributed by atoms with Crippen LogP contribution in [0.4, 0.5) is 0 Å². The van der Waals surface area contributed by atoms with Crippen LogP contribution < -0.4 is 5.32 Å². The first-order valence-corrected chi connectivity index (χ1v) is 12.2. The minimum absolute atomic E-state index is 0.111. The summed E-state index contributed by atoms with van der Waals surface area (Å²) in [6.45, 7) is 6.36. The number of nitrogens with zero attached hydrogens (tertiary/aromatic N) is 3. The van der Waals surface area contributed by atoms with Crippen LogP contribution in [-0.4, -0.2) is 59.8 Å². The number of carbonyl (C=O) groups excluding carboxylic acids is 1. The Morgan fingerprint density at radius 2 is 1.76 bits per heavy atom. The molecule has 33 heavy (non-hydrogen) atoms. The molecule has 1 aromatic heterocycles. The topological polar surface area (TPSA) is 59.4 Å². The predicted molar refractivity (Wildman–Crippen MR) is 134 cm³/mol. The van der Waals surface area contributed by atoms with Crippen molar-refractivity contribution in [3.63, 3.8) is 0 Å². The van der Waals surface area contributed by atoms with Crippen LogP contribution in [0.1, 0.15) is 24.4 Å². The van der Waals surface area contributed by atoms with Gasteiger partial charge in [0.15, 0.2) is 0 Å². The maximum atomic E-state index is 13.1. The van der Waals surface area contributed by atoms with Crippen molar-refractivity contribution in [3.8, 4) is 0 Å². The molecule has 0 bridgehead atoms. The Hall–Kier alpha value is -1.54. The van der Waals surface area contributed by atoms with Gasteiger partial charge in [-0.05, 0) is 36.8 Å². The van der Waals surface area contributed by atoms with E-state index in [1.54, 1.807) is 30.3 Å². The third-order valence-electron chi connectivity index (χ3n) is 5.80. The molecule has 1 saturated heterocycles. The number of nitrogens with one attached hydrogen (secondary N) is 1. The van der Waals surface area contributed by atoms with Crippen LogP contribution in [0.25, 0.3) is 11.0 Å². The fourth-order valence-corrected chi connectivity index (χ4v) is 4.83. The lowest BCUT2D eigenvalue weighted by molar-refractivity contribution is -0.123. The van der Waals surface area contributed by atoms with Crippen LogP contribution in [0.15, 0.2) is 30.3 Å². The van der Waals surface area contributed by atoms with E-state index in [2.05, 4.69) is 10.2 Å². The van der Waals surface area contributed by atoms with Gasteiger partial charge in [0.25, 0.3) is 0 Å². The van der Waals surface area contributed by atoms with Gasteiger partial charge in [0, 0.05) is 42.6 Å². The van der Waals surface area contributed by atoms with Crippen LogP contribution >= 0.6 is 46.4 Å². The average molecular weight is 530 g/mol. The van der Waals surface area contributed by atoms with Crippen molar-refractivity contribution >= 4 is 63.3 Å². The van der Waals surface area contributed by atoms with Gasteiger partial charge in [-0.15, -0.1) is 0 Å². The number of morpholine rings is 1. The average Bonchev–Trinajstić information content (AvgIpc) is 3.13. The van der Waals surface area contributed by atoms with Gasteiger partial charge in [0.2, 0.25) is 5.91 Å². The van der Waals surface area contributed by atoms with Crippen LogP contribution in [0, 0.1) is 0 Å². The van der Waals surface area contributed by atoms with Crippen molar-refractivity contribution in [1.29, 1.82) is 0 Å². The molecule has 1 N–H and O–H groups in total. The number of hydrogen-bond donors (Lipinski definition) is 1. The highest BCUT2D eigenvalue weighted by atomic mass is 35.5. The summed E-state index contributed by atoms with van der Waals surface area (Å²) in [4.78, 5) is 20.1. The first-order valence-electron chi connectivity index (χ1n) is 10.7. The molecule has 1 amide bonds. The lowest BCUT2D eigenvalue weighted by Crippen LogP contribution is -2.42. The number of imidazole rings is 1. The second-order valence-electron chi connectivity index (χ2n) is 7.95. The van der Waals surface area contributed by atoms with E-state index in [1.807, 2.05) is 11.5 Å². The Balaban J connectivity index is 1.61. The highest BCUT2D eigenvalue weighted by Crippen LogP contribution is 2.33. The van der Waals surface area contributed by atoms with Crippen molar-refractivity contribution in [2.24, 2.45) is 0 Å². The number of fused-ring (bicyclic) bond motifs is 1. The normalized spacial score (nSPS) is 15.7. The molecule has 1 aliphatic rings. The second-order valence-corrected chi connectivity index (χ2v) is 9.58. The number of ether oxygens (including phenoxy) is 1. The fraction of sp³-hybridized carbons (Fsp3) is 0.391. The molecule has 4 rings (SSSR count). The Morgan fingerprint density at radius 3 is 2.45 bits per heavy atom. The van der Waals surface area contributed by atoms with Crippen molar-refractivity contribution in [2.75, 3.05) is 39.4 Å². The molecule has 0 radical (unpaired) electrons. The summed E-state index contributed by atoms with van der Waals surface area (Å²) in [5.74, 6) is 0.536. The SMILES string of the molecule is C[C@H](C(=O)NCCN1CCOCC1)n1c(Cc2c(Cl)cccc2Cl)nc2cc(Cl)c(Cl)cc21. The summed E-state index contributed by atoms with van der Waals surface area (Å²) in [5, 5.41) is 4.92. The van der Waals surface area contributed by atoms with Gasteiger partial charge < -0.3 is 14.6 Å². The standard InChI is InChI=1S/C23H24Cl4N4O2/c1-14(23(32)28-5-6-30-7-9-33-10-8-30)31-21-13-19(27)18(26)12-20(21)29-22(31)11-15-16(24)3-2-4-17(15)25/h2-4,12-14H,5-11H2,1H3,(H,28,32)/t14-/m1/s1. The first kappa shape index (κ1) is 24.6. The van der Waals surface area contributed by atoms with Gasteiger partial charge >= 0.3 is 0 Å². The number of aromatic nitrogens is 2. The maximum Gasteiger partial charge on any atom is 0.242 e. The smallest absolute Gasteiger partial charge is 0.242 e. The van der Waals surface area contributed by atoms with E-state index >= 15 is 0 Å². The maximum absolute atomic E-state index is 13.1. The monoisotopic (exact) mass is 528 g/mol. The molecular weight excluding hydrogens is 506 g/mol. The van der Waals surface area contributed by atoms with E-state index in [-0.39, 0.29) is 5.91 Å². The summed E-state index contributed by atoms with van der Waals surface area (Å²) in [7, 11) is 0. The summed E-state index contributed by atoms with van der Waals surface area (Å²) in [6.07, 6.45) is 0.355. The van der Waals surface area contributed by atoms with Gasteiger partial charge in [0.1, 0.15) is 11.9 Å². The van der Waals surface area contributed by atoms with Crippen molar-refractivity contribution < 1.29 is 9.53 Å². The van der Waals surface area contributed by atoms with Crippen LogP contribution in [0.5, 0.6) is 0 Å². The zero-order valence-corrected chi connectivity index (χ0v) is 21.1. The van der Waals surface area contributed by atoms with E-state index in [1.165, 1.54) is 0 Å². The number of benzene rings is 2. The van der Waals surface area contributed by atoms with E-state index in [0.29, 0.717) is 44.4 Å². The first-order chi connectivity index (χ1) is 15.8. The predicted octanol–water partition coefficient (Wildman–Crippen LogP) is 5.25. The highest BCUT2D eigenvalue weighted by Gasteiger charge is 2.24. The van der Waals surface area contributed by atoms with Crippen molar-refractivity contribution in [1.82, 2.24) is 19.8 Å². The molecule has 1 fully saturated rings. The Morgan fingerprint density at radius 1 is 1.09 bits per heavy atom. The molecule has 2 heterocycles. The second kappa shape index (κ2) is 10.8. The Bertz CT molecular complexity index is 1140. The van der Waals surface area contributed by atoms with Crippen molar-refractivity contribution in [3.05, 3.63) is 61.8 Å². The van der Waals surface area contributed by atoms with E-state index in [4.69, 9.17) is 56.1 Å². The molecule has 0 unspecified atom stereocenters. The molecule has 1 atom stereocenters. The Kier molecular flexibility index (Phi) is 8.05. The number of halogens is 4. The van der Waals surface area contributed by atoms with Crippen LogP contribution in [0.3, 0.4) is 0 Å². The highest BCUT2D eigenvalue weighted by molar-refractivity contribution is 6.42. The number of rotatable bonds is 7. The third kappa shape index (κ3) is 5.59. The zero-order chi connectivity index (χ0) is 23.5. The molecule has 0 aliphatic carbocycles. The summed E-state index contributed by atoms with van der Waals surface area (Å²) >= 11 is 25.3. The van der Waals surface area contributed by atoms with Crippen molar-refractivity contribution in [2.45, 2.75) is 19.4 Å². The minimum atomic E-state index is -0.534. The number of amides is 1. The van der Waals surface area contributed by atoms with E-state index in [0.717, 1.165) is 43.9 Å². The van der Waals surface area contributed by atoms with Gasteiger partial charge in [-0.2, -0.15) is 0 Å². The molecule has 0 spiro atoms. The van der Waals surface area contributed by atoms with E-state index in [9.17, 15) is 4.79 Å². The fourth-order valence-electron chi connectivity index (χ4n) is 3.98. The summed E-state index contributed by atoms with van der Waals surface area (Å²) in [6, 6.07) is 8.27. The molecule has 10 heteroatoms. The molecule has 6 nitrogen and oxygen atoms in total. The van der Waals surface area contributed by atoms with Gasteiger partial charge in [-0.1, -0.05) is 52.5 Å². The largest absolute Gasteiger partial charge is 0.379 e. The van der Waals surface area contributed by atoms with Crippen LogP contribution in [-0.2, 0) is 16.0 Å². The molecule has 1 aliphatic heterocycles. The van der Waals surface area contributed by atoms with Gasteiger partial charge in [0.05, 0.1) is 34.3 Å². The zero-order valence-electron chi connectivity index (χ0n) is 18.1. The molecule has 2 aromatic carbocycles. The van der Waals surface area contributed by atoms with Crippen LogP contribution in [0.2, 0.25) is 20.1 Å². The van der Waals surface area contributed by atoms with Gasteiger partial charge in [-0.25, -0.2) is 4.98 Å². The Labute approximate surface area is 212 Å². The molecule has 176 valence electrons. The molecular formula is C23H24Cl4N4O2. The molecule has 0 saturated carbocycles. The molecule has 3 aromatic rings. The lowest BCUT2D eigenvalue weighted by atomic mass is 10.1. The minimum Gasteiger partial charge on any atom is -0.379 e. The third-order valence-corrected chi connectivity index (χ3v) is 7.23. The summed E-state index contributed by atoms with van der Waals surface area (Å²) < 4.78 is 7.25. The quantitative estimate of drug-likeness (QED) is 0.454.